The second-order valence-electron chi connectivity index (χ2n) is 4.56. The van der Waals surface area contributed by atoms with E-state index in [0.717, 1.165) is 16.8 Å². The van der Waals surface area contributed by atoms with Crippen LogP contribution in [0.1, 0.15) is 16.8 Å². The molecule has 0 aliphatic carbocycles. The van der Waals surface area contributed by atoms with Crippen LogP contribution in [0.3, 0.4) is 0 Å². The highest BCUT2D eigenvalue weighted by Gasteiger charge is 2.17. The van der Waals surface area contributed by atoms with Crippen LogP contribution in [-0.4, -0.2) is 13.4 Å². The second kappa shape index (κ2) is 5.01. The number of benzene rings is 1. The van der Waals surface area contributed by atoms with E-state index in [-0.39, 0.29) is 0 Å². The zero-order valence-corrected chi connectivity index (χ0v) is 12.0. The number of nitrogens with one attached hydrogen (secondary N) is 1. The molecule has 0 aliphatic heterocycles. The number of aryl methyl sites for hydroxylation is 3. The zero-order chi connectivity index (χ0) is 14.0. The summed E-state index contributed by atoms with van der Waals surface area (Å²) in [6.07, 6.45) is 1.51. The molecule has 0 bridgehead atoms. The van der Waals surface area contributed by atoms with Crippen LogP contribution < -0.4 is 4.72 Å². The molecule has 0 unspecified atom stereocenters. The number of anilines is 1. The van der Waals surface area contributed by atoms with Crippen LogP contribution in [0.2, 0.25) is 0 Å². The van der Waals surface area contributed by atoms with E-state index in [4.69, 9.17) is 0 Å². The standard InChI is InChI=1S/C14H16N2O2S/c1-10-4-5-11(2)14(8-10)19(17,18)16-13-7-6-12(3)15-9-13/h4-9,16H,1-3H3. The molecule has 0 saturated heterocycles. The summed E-state index contributed by atoms with van der Waals surface area (Å²) in [6.45, 7) is 5.50. The molecule has 1 N–H and O–H groups in total. The van der Waals surface area contributed by atoms with Gasteiger partial charge in [0.15, 0.2) is 0 Å². The van der Waals surface area contributed by atoms with Crippen LogP contribution in [0.25, 0.3) is 0 Å². The molecule has 5 heteroatoms. The van der Waals surface area contributed by atoms with Gasteiger partial charge in [0.1, 0.15) is 0 Å². The lowest BCUT2D eigenvalue weighted by Gasteiger charge is -2.11. The van der Waals surface area contributed by atoms with Crippen molar-refractivity contribution in [2.24, 2.45) is 0 Å². The van der Waals surface area contributed by atoms with Crippen molar-refractivity contribution in [1.29, 1.82) is 0 Å². The van der Waals surface area contributed by atoms with Gasteiger partial charge in [-0.25, -0.2) is 8.42 Å². The number of hydrogen-bond acceptors (Lipinski definition) is 3. The van der Waals surface area contributed by atoms with E-state index in [1.807, 2.05) is 19.9 Å². The third kappa shape index (κ3) is 3.12. The molecule has 0 spiro atoms. The summed E-state index contributed by atoms with van der Waals surface area (Å²) in [6, 6.07) is 8.82. The average molecular weight is 276 g/mol. The Morgan fingerprint density at radius 1 is 1.05 bits per heavy atom. The van der Waals surface area contributed by atoms with Gasteiger partial charge in [0.05, 0.1) is 16.8 Å². The van der Waals surface area contributed by atoms with E-state index >= 15 is 0 Å². The summed E-state index contributed by atoms with van der Waals surface area (Å²) in [5.74, 6) is 0. The van der Waals surface area contributed by atoms with Gasteiger partial charge < -0.3 is 0 Å². The fourth-order valence-electron chi connectivity index (χ4n) is 1.74. The smallest absolute Gasteiger partial charge is 0.262 e. The minimum Gasteiger partial charge on any atom is -0.278 e. The van der Waals surface area contributed by atoms with Gasteiger partial charge in [-0.3, -0.25) is 9.71 Å². The van der Waals surface area contributed by atoms with Crippen LogP contribution in [0.15, 0.2) is 41.4 Å². The van der Waals surface area contributed by atoms with Gasteiger partial charge in [0.25, 0.3) is 10.0 Å². The minimum absolute atomic E-state index is 0.299. The first-order chi connectivity index (χ1) is 8.88. The van der Waals surface area contributed by atoms with Crippen molar-refractivity contribution in [3.05, 3.63) is 53.3 Å². The Balaban J connectivity index is 2.37. The molecule has 19 heavy (non-hydrogen) atoms. The summed E-state index contributed by atoms with van der Waals surface area (Å²) in [5.41, 5.74) is 2.94. The van der Waals surface area contributed by atoms with Crippen molar-refractivity contribution in [2.45, 2.75) is 25.7 Å². The highest BCUT2D eigenvalue weighted by atomic mass is 32.2. The number of hydrogen-bond donors (Lipinski definition) is 1. The fraction of sp³-hybridized carbons (Fsp3) is 0.214. The summed E-state index contributed by atoms with van der Waals surface area (Å²) < 4.78 is 27.2. The molecule has 0 aliphatic rings. The van der Waals surface area contributed by atoms with E-state index in [2.05, 4.69) is 9.71 Å². The van der Waals surface area contributed by atoms with Crippen molar-refractivity contribution in [3.63, 3.8) is 0 Å². The highest BCUT2D eigenvalue weighted by molar-refractivity contribution is 7.92. The van der Waals surface area contributed by atoms with Crippen molar-refractivity contribution < 1.29 is 8.42 Å². The van der Waals surface area contributed by atoms with Crippen LogP contribution in [0.5, 0.6) is 0 Å². The monoisotopic (exact) mass is 276 g/mol. The maximum absolute atomic E-state index is 12.3. The molecular formula is C14H16N2O2S. The molecule has 1 aromatic carbocycles. The Morgan fingerprint density at radius 2 is 1.79 bits per heavy atom. The molecule has 4 nitrogen and oxygen atoms in total. The van der Waals surface area contributed by atoms with Gasteiger partial charge in [-0.05, 0) is 50.1 Å². The number of rotatable bonds is 3. The van der Waals surface area contributed by atoms with E-state index in [0.29, 0.717) is 10.6 Å². The molecule has 1 aromatic heterocycles. The van der Waals surface area contributed by atoms with E-state index in [1.54, 1.807) is 31.2 Å². The first kappa shape index (κ1) is 13.5. The minimum atomic E-state index is -3.57. The maximum atomic E-state index is 12.3. The van der Waals surface area contributed by atoms with E-state index in [9.17, 15) is 8.42 Å². The molecule has 0 saturated carbocycles. The fourth-order valence-corrected chi connectivity index (χ4v) is 3.11. The normalized spacial score (nSPS) is 11.3. The first-order valence-electron chi connectivity index (χ1n) is 5.91. The Hall–Kier alpha value is -1.88. The Kier molecular flexibility index (Phi) is 3.57. The predicted octanol–water partition coefficient (Wildman–Crippen LogP) is 2.81. The van der Waals surface area contributed by atoms with E-state index in [1.165, 1.54) is 6.20 Å². The second-order valence-corrected chi connectivity index (χ2v) is 6.21. The van der Waals surface area contributed by atoms with Crippen molar-refractivity contribution in [2.75, 3.05) is 4.72 Å². The molecule has 0 radical (unpaired) electrons. The molecule has 0 amide bonds. The third-order valence-corrected chi connectivity index (χ3v) is 4.32. The van der Waals surface area contributed by atoms with Gasteiger partial charge in [-0.15, -0.1) is 0 Å². The number of sulfonamides is 1. The zero-order valence-electron chi connectivity index (χ0n) is 11.1. The topological polar surface area (TPSA) is 59.1 Å². The van der Waals surface area contributed by atoms with Crippen LogP contribution >= 0.6 is 0 Å². The van der Waals surface area contributed by atoms with Gasteiger partial charge in [-0.1, -0.05) is 12.1 Å². The molecule has 2 rings (SSSR count). The van der Waals surface area contributed by atoms with Gasteiger partial charge >= 0.3 is 0 Å². The largest absolute Gasteiger partial charge is 0.278 e. The number of aromatic nitrogens is 1. The number of nitrogens with zero attached hydrogens (tertiary/aromatic N) is 1. The van der Waals surface area contributed by atoms with Crippen LogP contribution in [0, 0.1) is 20.8 Å². The molecule has 1 heterocycles. The Morgan fingerprint density at radius 3 is 2.42 bits per heavy atom. The molecule has 0 atom stereocenters. The van der Waals surface area contributed by atoms with Gasteiger partial charge in [0.2, 0.25) is 0 Å². The van der Waals surface area contributed by atoms with Crippen LogP contribution in [0.4, 0.5) is 5.69 Å². The SMILES string of the molecule is Cc1ccc(C)c(S(=O)(=O)Nc2ccc(C)nc2)c1. The molecule has 2 aromatic rings. The van der Waals surface area contributed by atoms with Crippen molar-refractivity contribution in [3.8, 4) is 0 Å². The molecular weight excluding hydrogens is 260 g/mol. The van der Waals surface area contributed by atoms with Crippen LogP contribution in [-0.2, 0) is 10.0 Å². The Labute approximate surface area is 113 Å². The third-order valence-electron chi connectivity index (χ3n) is 2.80. The van der Waals surface area contributed by atoms with E-state index < -0.39 is 10.0 Å². The lowest BCUT2D eigenvalue weighted by Crippen LogP contribution is -2.14. The predicted molar refractivity (Wildman–Crippen MR) is 75.7 cm³/mol. The lowest BCUT2D eigenvalue weighted by atomic mass is 10.2. The molecule has 0 fully saturated rings. The summed E-state index contributed by atoms with van der Waals surface area (Å²) >= 11 is 0. The summed E-state index contributed by atoms with van der Waals surface area (Å²) in [4.78, 5) is 4.37. The van der Waals surface area contributed by atoms with Gasteiger partial charge in [0, 0.05) is 5.69 Å². The first-order valence-corrected chi connectivity index (χ1v) is 7.39. The summed E-state index contributed by atoms with van der Waals surface area (Å²) in [5, 5.41) is 0. The lowest BCUT2D eigenvalue weighted by molar-refractivity contribution is 0.600. The van der Waals surface area contributed by atoms with Gasteiger partial charge in [-0.2, -0.15) is 0 Å². The van der Waals surface area contributed by atoms with Crippen molar-refractivity contribution in [1.82, 2.24) is 4.98 Å². The molecule has 100 valence electrons. The quantitative estimate of drug-likeness (QED) is 0.937. The Bertz CT molecular complexity index is 692. The number of pyridine rings is 1. The average Bonchev–Trinajstić information content (AvgIpc) is 2.35. The highest BCUT2D eigenvalue weighted by Crippen LogP contribution is 2.20. The maximum Gasteiger partial charge on any atom is 0.262 e. The van der Waals surface area contributed by atoms with Crippen molar-refractivity contribution >= 4 is 15.7 Å². The summed E-state index contributed by atoms with van der Waals surface area (Å²) in [7, 11) is -3.57.